The van der Waals surface area contributed by atoms with Crippen LogP contribution in [0.5, 0.6) is 0 Å². The lowest BCUT2D eigenvalue weighted by atomic mass is 10.00. The summed E-state index contributed by atoms with van der Waals surface area (Å²) in [6.45, 7) is 3.53. The van der Waals surface area contributed by atoms with Crippen LogP contribution in [-0.2, 0) is 11.3 Å². The lowest BCUT2D eigenvalue weighted by Crippen LogP contribution is -2.29. The SMILES string of the molecule is COCCNC(=O)c1cnc(N(C)C)nc1C1CCN(Cc2ccccn2)C1. The molecule has 1 aliphatic rings. The molecule has 1 atom stereocenters. The van der Waals surface area contributed by atoms with Gasteiger partial charge in [0, 0.05) is 59.2 Å². The molecule has 0 bridgehead atoms. The largest absolute Gasteiger partial charge is 0.383 e. The van der Waals surface area contributed by atoms with Crippen LogP contribution in [0.3, 0.4) is 0 Å². The first-order valence-electron chi connectivity index (χ1n) is 9.52. The Balaban J connectivity index is 1.77. The van der Waals surface area contributed by atoms with E-state index in [1.165, 1.54) is 0 Å². The molecule has 0 spiro atoms. The maximum absolute atomic E-state index is 12.7. The summed E-state index contributed by atoms with van der Waals surface area (Å²) in [7, 11) is 5.42. The van der Waals surface area contributed by atoms with Gasteiger partial charge in [0.25, 0.3) is 5.91 Å². The molecule has 2 aromatic rings. The summed E-state index contributed by atoms with van der Waals surface area (Å²) in [4.78, 5) is 30.4. The monoisotopic (exact) mass is 384 g/mol. The minimum absolute atomic E-state index is 0.152. The Morgan fingerprint density at radius 1 is 1.36 bits per heavy atom. The first-order chi connectivity index (χ1) is 13.6. The van der Waals surface area contributed by atoms with Crippen LogP contribution < -0.4 is 10.2 Å². The van der Waals surface area contributed by atoms with Gasteiger partial charge in [0.1, 0.15) is 0 Å². The van der Waals surface area contributed by atoms with Gasteiger partial charge in [-0.2, -0.15) is 0 Å². The van der Waals surface area contributed by atoms with Crippen molar-refractivity contribution >= 4 is 11.9 Å². The molecule has 1 fully saturated rings. The summed E-state index contributed by atoms with van der Waals surface area (Å²) in [6.07, 6.45) is 4.41. The molecule has 8 heteroatoms. The molecule has 1 amide bonds. The van der Waals surface area contributed by atoms with E-state index in [1.54, 1.807) is 13.3 Å². The number of anilines is 1. The van der Waals surface area contributed by atoms with Crippen LogP contribution in [0.25, 0.3) is 0 Å². The number of hydrogen-bond donors (Lipinski definition) is 1. The maximum atomic E-state index is 12.7. The van der Waals surface area contributed by atoms with E-state index >= 15 is 0 Å². The number of likely N-dealkylation sites (tertiary alicyclic amines) is 1. The highest BCUT2D eigenvalue weighted by atomic mass is 16.5. The van der Waals surface area contributed by atoms with E-state index in [0.717, 1.165) is 37.4 Å². The predicted molar refractivity (Wildman–Crippen MR) is 107 cm³/mol. The Morgan fingerprint density at radius 2 is 2.21 bits per heavy atom. The molecule has 3 heterocycles. The van der Waals surface area contributed by atoms with Gasteiger partial charge in [-0.25, -0.2) is 9.97 Å². The molecular weight excluding hydrogens is 356 g/mol. The summed E-state index contributed by atoms with van der Waals surface area (Å²) in [6, 6.07) is 5.97. The number of methoxy groups -OCH3 is 1. The summed E-state index contributed by atoms with van der Waals surface area (Å²) in [5.41, 5.74) is 2.42. The molecule has 150 valence electrons. The van der Waals surface area contributed by atoms with Gasteiger partial charge in [0.05, 0.1) is 23.6 Å². The maximum Gasteiger partial charge on any atom is 0.254 e. The predicted octanol–water partition coefficient (Wildman–Crippen LogP) is 1.30. The minimum atomic E-state index is -0.152. The summed E-state index contributed by atoms with van der Waals surface area (Å²) < 4.78 is 5.01. The molecular formula is C20H28N6O2. The molecule has 2 aromatic heterocycles. The lowest BCUT2D eigenvalue weighted by Gasteiger charge is -2.19. The average molecular weight is 384 g/mol. The second-order valence-corrected chi connectivity index (χ2v) is 7.15. The third-order valence-electron chi connectivity index (χ3n) is 4.81. The second-order valence-electron chi connectivity index (χ2n) is 7.15. The van der Waals surface area contributed by atoms with Gasteiger partial charge in [-0.15, -0.1) is 0 Å². The zero-order valence-corrected chi connectivity index (χ0v) is 16.8. The van der Waals surface area contributed by atoms with Crippen LogP contribution in [0.2, 0.25) is 0 Å². The Hall–Kier alpha value is -2.58. The van der Waals surface area contributed by atoms with E-state index in [4.69, 9.17) is 9.72 Å². The number of ether oxygens (including phenoxy) is 1. The number of nitrogens with one attached hydrogen (secondary N) is 1. The number of nitrogens with zero attached hydrogens (tertiary/aromatic N) is 5. The van der Waals surface area contributed by atoms with Crippen LogP contribution in [0.1, 0.15) is 34.1 Å². The summed E-state index contributed by atoms with van der Waals surface area (Å²) >= 11 is 0. The molecule has 0 aromatic carbocycles. The molecule has 28 heavy (non-hydrogen) atoms. The smallest absolute Gasteiger partial charge is 0.254 e. The lowest BCUT2D eigenvalue weighted by molar-refractivity contribution is 0.0934. The minimum Gasteiger partial charge on any atom is -0.383 e. The van der Waals surface area contributed by atoms with Crippen molar-refractivity contribution in [3.63, 3.8) is 0 Å². The van der Waals surface area contributed by atoms with E-state index in [9.17, 15) is 4.79 Å². The van der Waals surface area contributed by atoms with Crippen LogP contribution in [0.4, 0.5) is 5.95 Å². The number of pyridine rings is 1. The molecule has 3 rings (SSSR count). The number of rotatable bonds is 8. The fraction of sp³-hybridized carbons (Fsp3) is 0.500. The van der Waals surface area contributed by atoms with Gasteiger partial charge in [-0.05, 0) is 25.1 Å². The van der Waals surface area contributed by atoms with Crippen LogP contribution in [-0.4, -0.2) is 73.2 Å². The van der Waals surface area contributed by atoms with Crippen molar-refractivity contribution in [3.8, 4) is 0 Å². The normalized spacial score (nSPS) is 16.9. The topological polar surface area (TPSA) is 83.5 Å². The highest BCUT2D eigenvalue weighted by Gasteiger charge is 2.29. The molecule has 1 unspecified atom stereocenters. The van der Waals surface area contributed by atoms with Crippen LogP contribution in [0.15, 0.2) is 30.6 Å². The highest BCUT2D eigenvalue weighted by Crippen LogP contribution is 2.29. The first kappa shape index (κ1) is 20.2. The standard InChI is InChI=1S/C20H28N6O2/c1-25(2)20-23-12-17(19(27)22-9-11-28-3)18(24-20)15-7-10-26(13-15)14-16-6-4-5-8-21-16/h4-6,8,12,15H,7,9-11,13-14H2,1-3H3,(H,22,27). The number of carbonyl (C=O) groups excluding carboxylic acids is 1. The number of aromatic nitrogens is 3. The van der Waals surface area contributed by atoms with Crippen molar-refractivity contribution in [3.05, 3.63) is 47.5 Å². The van der Waals surface area contributed by atoms with E-state index in [-0.39, 0.29) is 11.8 Å². The number of carbonyl (C=O) groups is 1. The van der Waals surface area contributed by atoms with E-state index < -0.39 is 0 Å². The van der Waals surface area contributed by atoms with Crippen LogP contribution >= 0.6 is 0 Å². The van der Waals surface area contributed by atoms with Crippen molar-refractivity contribution in [1.82, 2.24) is 25.2 Å². The average Bonchev–Trinajstić information content (AvgIpc) is 3.16. The van der Waals surface area contributed by atoms with Gasteiger partial charge in [0.15, 0.2) is 0 Å². The van der Waals surface area contributed by atoms with Gasteiger partial charge < -0.3 is 15.0 Å². The Bertz CT molecular complexity index is 784. The van der Waals surface area contributed by atoms with Crippen molar-refractivity contribution in [2.45, 2.75) is 18.9 Å². The molecule has 0 aliphatic carbocycles. The Kier molecular flexibility index (Phi) is 6.89. The van der Waals surface area contributed by atoms with E-state index in [2.05, 4.69) is 20.2 Å². The van der Waals surface area contributed by atoms with Gasteiger partial charge in [-0.1, -0.05) is 6.07 Å². The molecule has 1 aliphatic heterocycles. The molecule has 8 nitrogen and oxygen atoms in total. The third-order valence-corrected chi connectivity index (χ3v) is 4.81. The van der Waals surface area contributed by atoms with Crippen molar-refractivity contribution < 1.29 is 9.53 Å². The number of amides is 1. The quantitative estimate of drug-likeness (QED) is 0.687. The van der Waals surface area contributed by atoms with Gasteiger partial charge in [0.2, 0.25) is 5.95 Å². The van der Waals surface area contributed by atoms with E-state index in [1.807, 2.05) is 43.4 Å². The molecule has 1 N–H and O–H groups in total. The third kappa shape index (κ3) is 5.02. The Labute approximate surface area is 166 Å². The summed E-state index contributed by atoms with van der Waals surface area (Å²) in [5, 5.41) is 2.88. The zero-order chi connectivity index (χ0) is 19.9. The summed E-state index contributed by atoms with van der Waals surface area (Å²) in [5.74, 6) is 0.653. The highest BCUT2D eigenvalue weighted by molar-refractivity contribution is 5.95. The van der Waals surface area contributed by atoms with Crippen molar-refractivity contribution in [2.24, 2.45) is 0 Å². The molecule has 0 radical (unpaired) electrons. The van der Waals surface area contributed by atoms with E-state index in [0.29, 0.717) is 24.7 Å². The fourth-order valence-corrected chi connectivity index (χ4v) is 3.37. The van der Waals surface area contributed by atoms with Crippen molar-refractivity contribution in [2.75, 3.05) is 52.3 Å². The van der Waals surface area contributed by atoms with Gasteiger partial charge >= 0.3 is 0 Å². The Morgan fingerprint density at radius 3 is 2.93 bits per heavy atom. The second kappa shape index (κ2) is 9.57. The first-order valence-corrected chi connectivity index (χ1v) is 9.52. The molecule has 1 saturated heterocycles. The zero-order valence-electron chi connectivity index (χ0n) is 16.8. The van der Waals surface area contributed by atoms with Gasteiger partial charge in [-0.3, -0.25) is 14.7 Å². The molecule has 0 saturated carbocycles. The van der Waals surface area contributed by atoms with Crippen LogP contribution in [0, 0.1) is 0 Å². The van der Waals surface area contributed by atoms with Crippen molar-refractivity contribution in [1.29, 1.82) is 0 Å². The number of hydrogen-bond acceptors (Lipinski definition) is 7. The fourth-order valence-electron chi connectivity index (χ4n) is 3.37.